The molecule has 5 rings (SSSR count). The van der Waals surface area contributed by atoms with Crippen LogP contribution in [0.25, 0.3) is 0 Å². The van der Waals surface area contributed by atoms with E-state index in [4.69, 9.17) is 9.84 Å². The fourth-order valence-corrected chi connectivity index (χ4v) is 5.11. The highest BCUT2D eigenvalue weighted by Gasteiger charge is 2.61. The van der Waals surface area contributed by atoms with Crippen molar-refractivity contribution in [1.82, 2.24) is 9.78 Å². The van der Waals surface area contributed by atoms with Gasteiger partial charge in [0.1, 0.15) is 11.6 Å². The minimum Gasteiger partial charge on any atom is -0.493 e. The standard InChI is InChI=1S/C27H27FN4O5/c1-32-15-19(14-29-32)30-25(35)17-6-8-23-20(11-17)27(9-10-37-23)13-21(27)26(36)31-22-12-18(28)7-5-16(22)3-2-4-24(33)34/h5-8,11-12,14-15,21H,2-4,9-10,13H2,1H3,(H,30,35)(H,31,36)(H,33,34)/t21-,27-/m0/s1. The lowest BCUT2D eigenvalue weighted by atomic mass is 9.86. The molecule has 1 saturated carbocycles. The molecule has 1 aliphatic heterocycles. The van der Waals surface area contributed by atoms with E-state index in [-0.39, 0.29) is 24.2 Å². The van der Waals surface area contributed by atoms with E-state index >= 15 is 0 Å². The van der Waals surface area contributed by atoms with Gasteiger partial charge in [0, 0.05) is 47.8 Å². The molecule has 1 aromatic heterocycles. The lowest BCUT2D eigenvalue weighted by molar-refractivity contribution is -0.137. The van der Waals surface area contributed by atoms with Crippen molar-refractivity contribution in [2.75, 3.05) is 17.2 Å². The van der Waals surface area contributed by atoms with Gasteiger partial charge in [-0.2, -0.15) is 5.10 Å². The monoisotopic (exact) mass is 506 g/mol. The zero-order valence-electron chi connectivity index (χ0n) is 20.3. The first-order valence-corrected chi connectivity index (χ1v) is 12.1. The Bertz CT molecular complexity index is 1390. The number of carboxylic acids is 1. The molecule has 2 aromatic carbocycles. The van der Waals surface area contributed by atoms with Gasteiger partial charge in [0.25, 0.3) is 5.91 Å². The molecule has 0 saturated heterocycles. The van der Waals surface area contributed by atoms with Crippen LogP contribution in [0.5, 0.6) is 5.75 Å². The number of fused-ring (bicyclic) bond motifs is 2. The van der Waals surface area contributed by atoms with Crippen LogP contribution in [0.2, 0.25) is 0 Å². The molecule has 2 heterocycles. The van der Waals surface area contributed by atoms with E-state index in [9.17, 15) is 18.8 Å². The van der Waals surface area contributed by atoms with E-state index in [2.05, 4.69) is 15.7 Å². The molecule has 1 aliphatic carbocycles. The van der Waals surface area contributed by atoms with Crippen molar-refractivity contribution in [3.05, 3.63) is 71.3 Å². The van der Waals surface area contributed by atoms with Crippen LogP contribution in [0.3, 0.4) is 0 Å². The van der Waals surface area contributed by atoms with Crippen LogP contribution >= 0.6 is 0 Å². The number of carbonyl (C=O) groups excluding carboxylic acids is 2. The molecule has 1 fully saturated rings. The quantitative estimate of drug-likeness (QED) is 0.426. The molecule has 2 aliphatic rings. The maximum Gasteiger partial charge on any atom is 0.303 e. The summed E-state index contributed by atoms with van der Waals surface area (Å²) in [5.74, 6) is -1.61. The van der Waals surface area contributed by atoms with Gasteiger partial charge < -0.3 is 20.5 Å². The second-order valence-electron chi connectivity index (χ2n) is 9.62. The van der Waals surface area contributed by atoms with E-state index in [1.54, 1.807) is 48.4 Å². The van der Waals surface area contributed by atoms with Crippen molar-refractivity contribution in [3.8, 4) is 5.75 Å². The summed E-state index contributed by atoms with van der Waals surface area (Å²) in [6.45, 7) is 0.457. The molecule has 192 valence electrons. The number of aromatic nitrogens is 2. The number of nitrogens with one attached hydrogen (secondary N) is 2. The third-order valence-corrected chi connectivity index (χ3v) is 7.10. The highest BCUT2D eigenvalue weighted by Crippen LogP contribution is 2.61. The zero-order chi connectivity index (χ0) is 26.2. The van der Waals surface area contributed by atoms with Gasteiger partial charge in [0.2, 0.25) is 5.91 Å². The van der Waals surface area contributed by atoms with Crippen LogP contribution < -0.4 is 15.4 Å². The number of aliphatic carboxylic acids is 1. The third kappa shape index (κ3) is 5.04. The minimum absolute atomic E-state index is 0.00994. The van der Waals surface area contributed by atoms with Crippen LogP contribution in [-0.2, 0) is 28.5 Å². The van der Waals surface area contributed by atoms with E-state index < -0.39 is 17.2 Å². The molecule has 3 aromatic rings. The number of hydrogen-bond donors (Lipinski definition) is 3. The number of carboxylic acid groups (broad SMARTS) is 1. The number of halogens is 1. The van der Waals surface area contributed by atoms with E-state index in [0.29, 0.717) is 60.5 Å². The largest absolute Gasteiger partial charge is 0.493 e. The van der Waals surface area contributed by atoms with Crippen molar-refractivity contribution in [1.29, 1.82) is 0 Å². The molecule has 2 amide bonds. The molecular formula is C27H27FN4O5. The van der Waals surface area contributed by atoms with E-state index in [1.807, 2.05) is 0 Å². The Kier molecular flexibility index (Phi) is 6.41. The first-order valence-electron chi connectivity index (χ1n) is 12.1. The molecule has 9 nitrogen and oxygen atoms in total. The summed E-state index contributed by atoms with van der Waals surface area (Å²) < 4.78 is 21.4. The Morgan fingerprint density at radius 2 is 2.05 bits per heavy atom. The van der Waals surface area contributed by atoms with Crippen molar-refractivity contribution >= 4 is 29.2 Å². The van der Waals surface area contributed by atoms with Crippen molar-refractivity contribution < 1.29 is 28.6 Å². The Morgan fingerprint density at radius 3 is 2.81 bits per heavy atom. The Labute approximate surface area is 212 Å². The number of hydrogen-bond acceptors (Lipinski definition) is 5. The van der Waals surface area contributed by atoms with Crippen LogP contribution in [0.15, 0.2) is 48.8 Å². The molecule has 3 N–H and O–H groups in total. The molecule has 0 unspecified atom stereocenters. The zero-order valence-corrected chi connectivity index (χ0v) is 20.3. The topological polar surface area (TPSA) is 123 Å². The number of carbonyl (C=O) groups is 3. The number of nitrogens with zero attached hydrogens (tertiary/aromatic N) is 2. The van der Waals surface area contributed by atoms with Crippen LogP contribution in [-0.4, -0.2) is 39.3 Å². The second-order valence-corrected chi connectivity index (χ2v) is 9.62. The van der Waals surface area contributed by atoms with Gasteiger partial charge in [-0.1, -0.05) is 6.07 Å². The van der Waals surface area contributed by atoms with Gasteiger partial charge in [-0.15, -0.1) is 0 Å². The summed E-state index contributed by atoms with van der Waals surface area (Å²) in [5, 5.41) is 18.7. The van der Waals surface area contributed by atoms with Gasteiger partial charge in [-0.3, -0.25) is 19.1 Å². The van der Waals surface area contributed by atoms with Gasteiger partial charge in [-0.25, -0.2) is 4.39 Å². The molecule has 1 spiro atoms. The number of amides is 2. The smallest absolute Gasteiger partial charge is 0.303 e. The average Bonchev–Trinajstić information content (AvgIpc) is 3.43. The molecule has 37 heavy (non-hydrogen) atoms. The summed E-state index contributed by atoms with van der Waals surface area (Å²) in [7, 11) is 1.76. The number of benzene rings is 2. The maximum absolute atomic E-state index is 14.0. The van der Waals surface area contributed by atoms with Crippen LogP contribution in [0, 0.1) is 11.7 Å². The second kappa shape index (κ2) is 9.68. The van der Waals surface area contributed by atoms with Gasteiger partial charge in [-0.05, 0) is 61.6 Å². The summed E-state index contributed by atoms with van der Waals surface area (Å²) in [4.78, 5) is 37.0. The van der Waals surface area contributed by atoms with Crippen molar-refractivity contribution in [2.45, 2.75) is 37.5 Å². The maximum atomic E-state index is 14.0. The van der Waals surface area contributed by atoms with E-state index in [0.717, 1.165) is 5.56 Å². The predicted molar refractivity (Wildman–Crippen MR) is 133 cm³/mol. The molecule has 10 heteroatoms. The highest BCUT2D eigenvalue weighted by atomic mass is 19.1. The minimum atomic E-state index is -0.903. The molecular weight excluding hydrogens is 479 g/mol. The summed E-state index contributed by atoms with van der Waals surface area (Å²) in [6, 6.07) is 9.38. The molecule has 0 bridgehead atoms. The summed E-state index contributed by atoms with van der Waals surface area (Å²) >= 11 is 0. The number of rotatable bonds is 8. The fraction of sp³-hybridized carbons (Fsp3) is 0.333. The van der Waals surface area contributed by atoms with Crippen LogP contribution in [0.1, 0.15) is 47.2 Å². The number of aryl methyl sites for hydroxylation is 2. The lowest BCUT2D eigenvalue weighted by Crippen LogP contribution is -2.27. The lowest BCUT2D eigenvalue weighted by Gasteiger charge is -2.27. The molecule has 2 atom stereocenters. The molecule has 0 radical (unpaired) electrons. The third-order valence-electron chi connectivity index (χ3n) is 7.10. The number of anilines is 2. The highest BCUT2D eigenvalue weighted by molar-refractivity contribution is 6.04. The number of ether oxygens (including phenoxy) is 1. The Hall–Kier alpha value is -4.21. The summed E-state index contributed by atoms with van der Waals surface area (Å²) in [5.41, 5.74) is 2.43. The average molecular weight is 507 g/mol. The normalized spacial score (nSPS) is 19.6. The van der Waals surface area contributed by atoms with Gasteiger partial charge in [0.05, 0.1) is 18.5 Å². The summed E-state index contributed by atoms with van der Waals surface area (Å²) in [6.07, 6.45) is 5.25. The van der Waals surface area contributed by atoms with Crippen molar-refractivity contribution in [3.63, 3.8) is 0 Å². The Balaban J connectivity index is 1.33. The fourth-order valence-electron chi connectivity index (χ4n) is 5.11. The van der Waals surface area contributed by atoms with Crippen molar-refractivity contribution in [2.24, 2.45) is 13.0 Å². The predicted octanol–water partition coefficient (Wildman–Crippen LogP) is 3.90. The van der Waals surface area contributed by atoms with Gasteiger partial charge in [0.15, 0.2) is 0 Å². The first kappa shape index (κ1) is 24.5. The first-order chi connectivity index (χ1) is 17.7. The van der Waals surface area contributed by atoms with Gasteiger partial charge >= 0.3 is 5.97 Å². The van der Waals surface area contributed by atoms with E-state index in [1.165, 1.54) is 12.1 Å². The SMILES string of the molecule is Cn1cc(NC(=O)c2ccc3c(c2)[C@]2(CCO3)C[C@H]2C(=O)Nc2cc(F)ccc2CCCC(=O)O)cn1. The van der Waals surface area contributed by atoms with Crippen LogP contribution in [0.4, 0.5) is 15.8 Å². The Morgan fingerprint density at radius 1 is 1.22 bits per heavy atom.